The van der Waals surface area contributed by atoms with Gasteiger partial charge in [-0.15, -0.1) is 0 Å². The molecule has 0 amide bonds. The molecule has 0 saturated heterocycles. The standard InChI is InChI=1S/C49H43N/c1-4-11-44-42-14-7-8-15-43(42)46-18-9-17-45(49(44)46)40-16-10-19-48(33(40)3)50(38-26-20-32(2)21-27-38)39-28-24-34(25-29-39)35-22-23-37-30-36-12-5-6-13-41(36)47(37)31-35/h6-10,13-29,31,44H,4-5,11-12,30H2,1-3H3. The van der Waals surface area contributed by atoms with Gasteiger partial charge in [0.15, 0.2) is 0 Å². The van der Waals surface area contributed by atoms with E-state index < -0.39 is 0 Å². The summed E-state index contributed by atoms with van der Waals surface area (Å²) in [5.74, 6) is 0.419. The van der Waals surface area contributed by atoms with Gasteiger partial charge in [0, 0.05) is 23.0 Å². The molecule has 50 heavy (non-hydrogen) atoms. The summed E-state index contributed by atoms with van der Waals surface area (Å²) in [6, 6.07) is 48.1. The number of nitrogens with zero attached hydrogens (tertiary/aromatic N) is 1. The fourth-order valence-electron chi connectivity index (χ4n) is 8.85. The lowest BCUT2D eigenvalue weighted by Crippen LogP contribution is -2.12. The van der Waals surface area contributed by atoms with Crippen molar-refractivity contribution in [2.75, 3.05) is 4.90 Å². The second-order valence-electron chi connectivity index (χ2n) is 14.4. The second-order valence-corrected chi connectivity index (χ2v) is 14.4. The first kappa shape index (κ1) is 30.6. The summed E-state index contributed by atoms with van der Waals surface area (Å²) in [6.07, 6.45) is 10.5. The normalized spacial score (nSPS) is 15.5. The third-order valence-corrected chi connectivity index (χ3v) is 11.3. The van der Waals surface area contributed by atoms with Gasteiger partial charge in [-0.25, -0.2) is 0 Å². The van der Waals surface area contributed by atoms with E-state index in [-0.39, 0.29) is 0 Å². The van der Waals surface area contributed by atoms with Crippen LogP contribution in [0.3, 0.4) is 0 Å². The topological polar surface area (TPSA) is 3.24 Å². The van der Waals surface area contributed by atoms with Gasteiger partial charge in [-0.1, -0.05) is 128 Å². The quantitative estimate of drug-likeness (QED) is 0.167. The number of aryl methyl sites for hydroxylation is 1. The predicted molar refractivity (Wildman–Crippen MR) is 213 cm³/mol. The number of allylic oxidation sites excluding steroid dienone is 4. The van der Waals surface area contributed by atoms with Crippen molar-refractivity contribution in [1.29, 1.82) is 0 Å². The molecule has 1 atom stereocenters. The summed E-state index contributed by atoms with van der Waals surface area (Å²) in [7, 11) is 0. The van der Waals surface area contributed by atoms with E-state index >= 15 is 0 Å². The van der Waals surface area contributed by atoms with Crippen LogP contribution in [0.5, 0.6) is 0 Å². The summed E-state index contributed by atoms with van der Waals surface area (Å²) < 4.78 is 0. The van der Waals surface area contributed by atoms with Gasteiger partial charge in [-0.3, -0.25) is 0 Å². The van der Waals surface area contributed by atoms with E-state index in [2.05, 4.69) is 165 Å². The average Bonchev–Trinajstić information content (AvgIpc) is 3.69. The molecule has 0 fully saturated rings. The summed E-state index contributed by atoms with van der Waals surface area (Å²) >= 11 is 0. The third-order valence-electron chi connectivity index (χ3n) is 11.3. The van der Waals surface area contributed by atoms with Crippen molar-refractivity contribution in [3.8, 4) is 33.4 Å². The Morgan fingerprint density at radius 2 is 1.32 bits per heavy atom. The molecule has 0 radical (unpaired) electrons. The molecule has 1 unspecified atom stereocenters. The van der Waals surface area contributed by atoms with Gasteiger partial charge in [0.2, 0.25) is 0 Å². The smallest absolute Gasteiger partial charge is 0.0496 e. The number of hydrogen-bond acceptors (Lipinski definition) is 1. The minimum Gasteiger partial charge on any atom is -0.310 e. The van der Waals surface area contributed by atoms with Gasteiger partial charge in [0.1, 0.15) is 0 Å². The minimum atomic E-state index is 0.419. The van der Waals surface area contributed by atoms with Crippen molar-refractivity contribution < 1.29 is 0 Å². The van der Waals surface area contributed by atoms with Crippen molar-refractivity contribution in [3.05, 3.63) is 178 Å². The fourth-order valence-corrected chi connectivity index (χ4v) is 8.85. The first-order valence-electron chi connectivity index (χ1n) is 18.4. The van der Waals surface area contributed by atoms with Crippen LogP contribution in [-0.2, 0) is 6.42 Å². The molecule has 0 heterocycles. The molecule has 1 heteroatoms. The lowest BCUT2D eigenvalue weighted by atomic mass is 9.85. The van der Waals surface area contributed by atoms with Crippen LogP contribution >= 0.6 is 0 Å². The van der Waals surface area contributed by atoms with Crippen molar-refractivity contribution in [2.24, 2.45) is 0 Å². The van der Waals surface area contributed by atoms with Crippen LogP contribution in [0.15, 0.2) is 145 Å². The number of benzene rings is 6. The molecule has 6 aromatic carbocycles. The molecule has 244 valence electrons. The zero-order valence-corrected chi connectivity index (χ0v) is 29.3. The zero-order chi connectivity index (χ0) is 33.8. The maximum atomic E-state index is 2.44. The number of rotatable bonds is 7. The van der Waals surface area contributed by atoms with Crippen LogP contribution in [0.4, 0.5) is 17.1 Å². The number of anilines is 3. The first-order valence-corrected chi connectivity index (χ1v) is 18.4. The average molecular weight is 646 g/mol. The zero-order valence-electron chi connectivity index (χ0n) is 29.3. The molecule has 0 aliphatic heterocycles. The molecule has 0 N–H and O–H groups in total. The maximum Gasteiger partial charge on any atom is 0.0496 e. The van der Waals surface area contributed by atoms with Crippen molar-refractivity contribution in [3.63, 3.8) is 0 Å². The van der Waals surface area contributed by atoms with Gasteiger partial charge in [-0.05, 0) is 143 Å². The molecule has 9 rings (SSSR count). The van der Waals surface area contributed by atoms with Crippen LogP contribution in [0.1, 0.15) is 71.9 Å². The van der Waals surface area contributed by atoms with Gasteiger partial charge in [0.05, 0.1) is 0 Å². The van der Waals surface area contributed by atoms with Gasteiger partial charge < -0.3 is 4.90 Å². The SMILES string of the molecule is CCCC1c2ccccc2-c2cccc(-c3cccc(N(c4ccc(C)cc4)c4ccc(-c5ccc6c(c5)C5=C(CCC=C5)C6)cc4)c3C)c21. The number of fused-ring (bicyclic) bond motifs is 5. The van der Waals surface area contributed by atoms with Crippen LogP contribution in [0.25, 0.3) is 39.0 Å². The third kappa shape index (κ3) is 5.07. The van der Waals surface area contributed by atoms with Gasteiger partial charge in [-0.2, -0.15) is 0 Å². The Labute approximate surface area is 297 Å². The molecule has 0 saturated carbocycles. The van der Waals surface area contributed by atoms with E-state index in [1.807, 2.05) is 0 Å². The molecule has 6 aromatic rings. The highest BCUT2D eigenvalue weighted by molar-refractivity contribution is 5.91. The van der Waals surface area contributed by atoms with Gasteiger partial charge >= 0.3 is 0 Å². The first-order chi connectivity index (χ1) is 24.6. The van der Waals surface area contributed by atoms with Gasteiger partial charge in [0.25, 0.3) is 0 Å². The Kier molecular flexibility index (Phi) is 7.65. The molecule has 1 nitrogen and oxygen atoms in total. The molecule has 3 aliphatic carbocycles. The summed E-state index contributed by atoms with van der Waals surface area (Å²) in [4.78, 5) is 2.44. The minimum absolute atomic E-state index is 0.419. The molecule has 3 aliphatic rings. The van der Waals surface area contributed by atoms with Crippen molar-refractivity contribution in [1.82, 2.24) is 0 Å². The monoisotopic (exact) mass is 645 g/mol. The Hall–Kier alpha value is -5.40. The Morgan fingerprint density at radius 1 is 0.640 bits per heavy atom. The summed E-state index contributed by atoms with van der Waals surface area (Å²) in [5, 5.41) is 0. The van der Waals surface area contributed by atoms with Crippen molar-refractivity contribution in [2.45, 2.75) is 58.8 Å². The van der Waals surface area contributed by atoms with Crippen molar-refractivity contribution >= 4 is 22.6 Å². The molecule has 0 spiro atoms. The van der Waals surface area contributed by atoms with Crippen LogP contribution in [0.2, 0.25) is 0 Å². The maximum absolute atomic E-state index is 2.44. The Balaban J connectivity index is 1.13. The Bertz CT molecular complexity index is 2320. The highest BCUT2D eigenvalue weighted by Crippen LogP contribution is 2.52. The van der Waals surface area contributed by atoms with Crippen LogP contribution in [-0.4, -0.2) is 0 Å². The lowest BCUT2D eigenvalue weighted by Gasteiger charge is -2.29. The van der Waals surface area contributed by atoms with E-state index in [4.69, 9.17) is 0 Å². The molecular weight excluding hydrogens is 603 g/mol. The summed E-state index contributed by atoms with van der Waals surface area (Å²) in [6.45, 7) is 6.78. The van der Waals surface area contributed by atoms with E-state index in [9.17, 15) is 0 Å². The predicted octanol–water partition coefficient (Wildman–Crippen LogP) is 13.7. The molecule has 0 aromatic heterocycles. The van der Waals surface area contributed by atoms with E-state index in [1.54, 1.807) is 5.57 Å². The second kappa shape index (κ2) is 12.5. The van der Waals surface area contributed by atoms with E-state index in [0.717, 1.165) is 24.9 Å². The van der Waals surface area contributed by atoms with E-state index in [1.165, 1.54) is 96.6 Å². The number of hydrogen-bond donors (Lipinski definition) is 0. The Morgan fingerprint density at radius 3 is 2.12 bits per heavy atom. The van der Waals surface area contributed by atoms with Crippen LogP contribution < -0.4 is 4.90 Å². The van der Waals surface area contributed by atoms with Crippen LogP contribution in [0, 0.1) is 13.8 Å². The fraction of sp³-hybridized carbons (Fsp3) is 0.184. The molecular formula is C49H43N. The largest absolute Gasteiger partial charge is 0.310 e. The lowest BCUT2D eigenvalue weighted by molar-refractivity contribution is 0.712. The highest BCUT2D eigenvalue weighted by Gasteiger charge is 2.31. The molecule has 0 bridgehead atoms. The highest BCUT2D eigenvalue weighted by atomic mass is 15.1. The van der Waals surface area contributed by atoms with E-state index in [0.29, 0.717) is 5.92 Å². The summed E-state index contributed by atoms with van der Waals surface area (Å²) in [5.41, 5.74) is 23.0.